The lowest BCUT2D eigenvalue weighted by molar-refractivity contribution is -0.192. The van der Waals surface area contributed by atoms with Crippen LogP contribution in [0.5, 0.6) is 0 Å². The first-order chi connectivity index (χ1) is 16.5. The van der Waals surface area contributed by atoms with Crippen molar-refractivity contribution in [2.24, 2.45) is 5.73 Å². The number of nitrogens with zero attached hydrogens (tertiary/aromatic N) is 2. The number of aromatic amines is 1. The average Bonchev–Trinajstić information content (AvgIpc) is 3.44. The number of carbonyl (C=O) groups is 3. The largest absolute Gasteiger partial charge is 0.490 e. The number of nitriles is 1. The van der Waals surface area contributed by atoms with Crippen molar-refractivity contribution >= 4 is 34.4 Å². The maximum Gasteiger partial charge on any atom is 0.490 e. The molecule has 1 aliphatic rings. The van der Waals surface area contributed by atoms with Gasteiger partial charge in [-0.1, -0.05) is 13.3 Å². The molecular weight excluding hydrogens is 467 g/mol. The molecule has 0 radical (unpaired) electrons. The number of likely N-dealkylation sites (tertiary alicyclic amines) is 1. The lowest BCUT2D eigenvalue weighted by Gasteiger charge is -2.23. The molecule has 1 saturated heterocycles. The summed E-state index contributed by atoms with van der Waals surface area (Å²) < 4.78 is 31.7. The number of aromatic nitrogens is 1. The summed E-state index contributed by atoms with van der Waals surface area (Å²) in [6.07, 6.45) is 1.04. The Balaban J connectivity index is 0.000000540. The summed E-state index contributed by atoms with van der Waals surface area (Å²) in [6.45, 7) is 2.64. The van der Waals surface area contributed by atoms with Crippen molar-refractivity contribution in [3.63, 3.8) is 0 Å². The molecule has 0 aliphatic carbocycles. The normalized spacial score (nSPS) is 16.2. The number of carboxylic acids is 1. The van der Waals surface area contributed by atoms with E-state index >= 15 is 0 Å². The van der Waals surface area contributed by atoms with Crippen molar-refractivity contribution in [3.8, 4) is 6.07 Å². The number of nitrogens with two attached hydrogens (primary N) is 1. The van der Waals surface area contributed by atoms with E-state index in [-0.39, 0.29) is 17.9 Å². The van der Waals surface area contributed by atoms with Crippen molar-refractivity contribution in [2.75, 3.05) is 11.9 Å². The van der Waals surface area contributed by atoms with Gasteiger partial charge in [-0.2, -0.15) is 18.4 Å². The summed E-state index contributed by atoms with van der Waals surface area (Å²) in [5.41, 5.74) is 8.77. The van der Waals surface area contributed by atoms with Crippen LogP contribution in [-0.2, 0) is 20.8 Å². The quantitative estimate of drug-likeness (QED) is 0.462. The minimum absolute atomic E-state index is 0.00161. The number of benzene rings is 1. The summed E-state index contributed by atoms with van der Waals surface area (Å²) in [6, 6.07) is 6.80. The van der Waals surface area contributed by atoms with Crippen LogP contribution in [0, 0.1) is 11.3 Å². The molecule has 9 nitrogen and oxygen atoms in total. The Morgan fingerprint density at radius 3 is 2.66 bits per heavy atom. The topological polar surface area (TPSA) is 152 Å². The number of rotatable bonds is 7. The molecule has 1 aromatic carbocycles. The number of H-pyrrole nitrogens is 1. The molecule has 2 aromatic rings. The second-order valence-electron chi connectivity index (χ2n) is 8.16. The van der Waals surface area contributed by atoms with Crippen LogP contribution in [0.15, 0.2) is 24.4 Å². The van der Waals surface area contributed by atoms with Crippen LogP contribution in [0.25, 0.3) is 10.9 Å². The van der Waals surface area contributed by atoms with Gasteiger partial charge in [-0.05, 0) is 49.4 Å². The number of hydrogen-bond acceptors (Lipinski definition) is 5. The third kappa shape index (κ3) is 7.71. The van der Waals surface area contributed by atoms with Gasteiger partial charge in [0.05, 0.1) is 12.1 Å². The van der Waals surface area contributed by atoms with Crippen LogP contribution in [0.2, 0.25) is 0 Å². The van der Waals surface area contributed by atoms with Gasteiger partial charge in [0.25, 0.3) is 0 Å². The Bertz CT molecular complexity index is 1090. The Morgan fingerprint density at radius 1 is 1.37 bits per heavy atom. The SMILES string of the molecule is CCCCC(=O)Nc1ccc2[nH]cc(C[C@@H](N)C(=O)N3CCC[C@H]3C#N)c2c1.O=C(O)C(F)(F)F. The van der Waals surface area contributed by atoms with Crippen LogP contribution in [-0.4, -0.2) is 57.6 Å². The molecule has 1 aromatic heterocycles. The highest BCUT2D eigenvalue weighted by Gasteiger charge is 2.38. The van der Waals surface area contributed by atoms with Crippen molar-refractivity contribution in [3.05, 3.63) is 30.0 Å². The number of amides is 2. The summed E-state index contributed by atoms with van der Waals surface area (Å²) in [5, 5.41) is 20.2. The Morgan fingerprint density at radius 2 is 2.06 bits per heavy atom. The Hall–Kier alpha value is -3.59. The molecule has 2 heterocycles. The number of anilines is 1. The molecule has 2 amide bonds. The van der Waals surface area contributed by atoms with Gasteiger partial charge >= 0.3 is 12.1 Å². The van der Waals surface area contributed by atoms with Crippen LogP contribution in [0.4, 0.5) is 18.9 Å². The van der Waals surface area contributed by atoms with Crippen molar-refractivity contribution in [2.45, 2.75) is 63.7 Å². The van der Waals surface area contributed by atoms with Crippen LogP contribution in [0.1, 0.15) is 44.6 Å². The molecule has 2 atom stereocenters. The molecule has 1 fully saturated rings. The highest BCUT2D eigenvalue weighted by molar-refractivity contribution is 5.95. The highest BCUT2D eigenvalue weighted by Crippen LogP contribution is 2.25. The molecule has 0 spiro atoms. The zero-order valence-corrected chi connectivity index (χ0v) is 19.2. The molecule has 0 unspecified atom stereocenters. The van der Waals surface area contributed by atoms with Crippen LogP contribution in [0.3, 0.4) is 0 Å². The highest BCUT2D eigenvalue weighted by atomic mass is 19.4. The van der Waals surface area contributed by atoms with E-state index in [9.17, 15) is 28.0 Å². The van der Waals surface area contributed by atoms with Gasteiger partial charge in [-0.15, -0.1) is 0 Å². The first-order valence-corrected chi connectivity index (χ1v) is 11.1. The molecule has 35 heavy (non-hydrogen) atoms. The zero-order chi connectivity index (χ0) is 26.2. The first kappa shape index (κ1) is 27.7. The second kappa shape index (κ2) is 12.2. The molecule has 190 valence electrons. The fraction of sp³-hybridized carbons (Fsp3) is 0.478. The fourth-order valence-corrected chi connectivity index (χ4v) is 3.69. The number of alkyl halides is 3. The zero-order valence-electron chi connectivity index (χ0n) is 19.2. The first-order valence-electron chi connectivity index (χ1n) is 11.1. The lowest BCUT2D eigenvalue weighted by atomic mass is 10.0. The van der Waals surface area contributed by atoms with E-state index in [1.807, 2.05) is 24.4 Å². The molecule has 12 heteroatoms. The lowest BCUT2D eigenvalue weighted by Crippen LogP contribution is -2.46. The number of carboxylic acid groups (broad SMARTS) is 1. The number of hydrogen-bond donors (Lipinski definition) is 4. The summed E-state index contributed by atoms with van der Waals surface area (Å²) in [7, 11) is 0. The minimum Gasteiger partial charge on any atom is -0.475 e. The smallest absolute Gasteiger partial charge is 0.475 e. The van der Waals surface area contributed by atoms with E-state index in [2.05, 4.69) is 23.3 Å². The summed E-state index contributed by atoms with van der Waals surface area (Å²) in [5.74, 6) is -2.93. The van der Waals surface area contributed by atoms with E-state index in [1.165, 1.54) is 0 Å². The monoisotopic (exact) mass is 495 g/mol. The molecular formula is C23H28F3N5O4. The molecule has 3 rings (SSSR count). The molecule has 5 N–H and O–H groups in total. The van der Waals surface area contributed by atoms with Gasteiger partial charge in [0, 0.05) is 35.8 Å². The maximum absolute atomic E-state index is 12.7. The van der Waals surface area contributed by atoms with Gasteiger partial charge < -0.3 is 26.0 Å². The Kier molecular flexibility index (Phi) is 9.65. The van der Waals surface area contributed by atoms with Crippen molar-refractivity contribution in [1.82, 2.24) is 9.88 Å². The maximum atomic E-state index is 12.7. The minimum atomic E-state index is -5.08. The summed E-state index contributed by atoms with van der Waals surface area (Å²) >= 11 is 0. The number of fused-ring (bicyclic) bond motifs is 1. The number of carbonyl (C=O) groups excluding carboxylic acids is 2. The van der Waals surface area contributed by atoms with E-state index in [0.717, 1.165) is 41.4 Å². The number of unbranched alkanes of at least 4 members (excludes halogenated alkanes) is 1. The van der Waals surface area contributed by atoms with Gasteiger partial charge in [0.1, 0.15) is 6.04 Å². The van der Waals surface area contributed by atoms with Crippen molar-refractivity contribution in [1.29, 1.82) is 5.26 Å². The molecule has 1 aliphatic heterocycles. The number of nitrogens with one attached hydrogen (secondary N) is 2. The van der Waals surface area contributed by atoms with Gasteiger partial charge in [0.15, 0.2) is 0 Å². The van der Waals surface area contributed by atoms with Gasteiger partial charge in [-0.3, -0.25) is 9.59 Å². The average molecular weight is 496 g/mol. The predicted octanol–water partition coefficient (Wildman–Crippen LogP) is 3.31. The number of aliphatic carboxylic acids is 1. The van der Waals surface area contributed by atoms with E-state index in [4.69, 9.17) is 15.6 Å². The van der Waals surface area contributed by atoms with Crippen molar-refractivity contribution < 1.29 is 32.7 Å². The molecule has 0 bridgehead atoms. The van der Waals surface area contributed by atoms with Gasteiger partial charge in [-0.25, -0.2) is 4.79 Å². The summed E-state index contributed by atoms with van der Waals surface area (Å²) in [4.78, 5) is 38.3. The van der Waals surface area contributed by atoms with E-state index < -0.39 is 18.2 Å². The second-order valence-corrected chi connectivity index (χ2v) is 8.16. The van der Waals surface area contributed by atoms with Gasteiger partial charge in [0.2, 0.25) is 11.8 Å². The van der Waals surface area contributed by atoms with Crippen LogP contribution < -0.4 is 11.1 Å². The number of halogens is 3. The Labute approximate surface area is 200 Å². The van der Waals surface area contributed by atoms with E-state index in [0.29, 0.717) is 25.8 Å². The predicted molar refractivity (Wildman–Crippen MR) is 122 cm³/mol. The molecule has 0 saturated carbocycles. The third-order valence-corrected chi connectivity index (χ3v) is 5.49. The van der Waals surface area contributed by atoms with Crippen LogP contribution >= 0.6 is 0 Å². The fourth-order valence-electron chi connectivity index (χ4n) is 3.69. The third-order valence-electron chi connectivity index (χ3n) is 5.49. The van der Waals surface area contributed by atoms with E-state index in [1.54, 1.807) is 4.90 Å². The standard InChI is InChI=1S/C21H27N5O2.C2HF3O2/c1-2-3-6-20(27)25-15-7-8-19-17(11-15)14(13-24-19)10-18(23)21(28)26-9-4-5-16(26)12-22;3-2(4,5)1(6)7/h7-8,11,13,16,18,24H,2-6,9-10,23H2,1H3,(H,25,27);(H,6,7)/t16-,18+;/m0./s1.